The molecule has 0 aromatic carbocycles. The highest BCUT2D eigenvalue weighted by Gasteiger charge is 2.35. The molecular weight excluding hydrogens is 268 g/mol. The van der Waals surface area contributed by atoms with Gasteiger partial charge in [0.2, 0.25) is 12.3 Å². The Morgan fingerprint density at radius 3 is 2.89 bits per heavy atom. The Hall–Kier alpha value is -1.27. The molecule has 0 aromatic heterocycles. The van der Waals surface area contributed by atoms with Crippen molar-refractivity contribution in [3.05, 3.63) is 12.3 Å². The Morgan fingerprint density at radius 1 is 1.58 bits per heavy atom. The van der Waals surface area contributed by atoms with E-state index in [4.69, 9.17) is 17.3 Å². The zero-order valence-corrected chi connectivity index (χ0v) is 11.8. The Kier molecular flexibility index (Phi) is 6.66. The lowest BCUT2D eigenvalue weighted by atomic mass is 9.84. The van der Waals surface area contributed by atoms with Gasteiger partial charge in [0.1, 0.15) is 0 Å². The highest BCUT2D eigenvalue weighted by atomic mass is 35.5. The average molecular weight is 289 g/mol. The van der Waals surface area contributed by atoms with Gasteiger partial charge in [0.15, 0.2) is 0 Å². The van der Waals surface area contributed by atoms with Crippen molar-refractivity contribution in [1.29, 1.82) is 0 Å². The molecule has 1 aliphatic rings. The normalized spacial score (nSPS) is 27.2. The van der Waals surface area contributed by atoms with Crippen LogP contribution in [-0.2, 0) is 9.59 Å². The molecule has 1 aliphatic heterocycles. The van der Waals surface area contributed by atoms with Gasteiger partial charge in [0, 0.05) is 44.5 Å². The SMILES string of the molecule is CN(/C=C\C1CNCC(C(N)=O)C1NC=O)CCCl. The molecule has 2 amide bonds. The number of alkyl halides is 1. The molecule has 0 bridgehead atoms. The van der Waals surface area contributed by atoms with E-state index in [1.165, 1.54) is 0 Å². The zero-order chi connectivity index (χ0) is 14.3. The van der Waals surface area contributed by atoms with E-state index in [1.54, 1.807) is 0 Å². The molecule has 1 heterocycles. The number of carbonyl (C=O) groups is 2. The van der Waals surface area contributed by atoms with Crippen LogP contribution in [0.4, 0.5) is 0 Å². The Labute approximate surface area is 118 Å². The summed E-state index contributed by atoms with van der Waals surface area (Å²) in [5, 5.41) is 5.86. The van der Waals surface area contributed by atoms with E-state index < -0.39 is 11.8 Å². The zero-order valence-electron chi connectivity index (χ0n) is 11.0. The predicted octanol–water partition coefficient (Wildman–Crippen LogP) is -0.894. The van der Waals surface area contributed by atoms with Crippen molar-refractivity contribution in [2.45, 2.75) is 6.04 Å². The van der Waals surface area contributed by atoms with Gasteiger partial charge in [0.25, 0.3) is 0 Å². The summed E-state index contributed by atoms with van der Waals surface area (Å²) in [5.41, 5.74) is 5.37. The van der Waals surface area contributed by atoms with Crippen LogP contribution in [0.15, 0.2) is 12.3 Å². The summed E-state index contributed by atoms with van der Waals surface area (Å²) in [4.78, 5) is 24.0. The van der Waals surface area contributed by atoms with Gasteiger partial charge in [-0.2, -0.15) is 0 Å². The lowest BCUT2D eigenvalue weighted by molar-refractivity contribution is -0.124. The summed E-state index contributed by atoms with van der Waals surface area (Å²) < 4.78 is 0. The third-order valence-electron chi connectivity index (χ3n) is 3.29. The predicted molar refractivity (Wildman–Crippen MR) is 74.5 cm³/mol. The lowest BCUT2D eigenvalue weighted by Crippen LogP contribution is -2.56. The number of nitrogens with two attached hydrogens (primary N) is 1. The van der Waals surface area contributed by atoms with Crippen LogP contribution in [0.3, 0.4) is 0 Å². The first kappa shape index (κ1) is 15.8. The van der Waals surface area contributed by atoms with Crippen LogP contribution >= 0.6 is 11.6 Å². The fourth-order valence-corrected chi connectivity index (χ4v) is 2.47. The van der Waals surface area contributed by atoms with E-state index in [9.17, 15) is 9.59 Å². The molecular formula is C12H21ClN4O2. The summed E-state index contributed by atoms with van der Waals surface area (Å²) >= 11 is 5.65. The van der Waals surface area contributed by atoms with Crippen LogP contribution in [0.2, 0.25) is 0 Å². The second-order valence-corrected chi connectivity index (χ2v) is 5.03. The van der Waals surface area contributed by atoms with Crippen LogP contribution in [0, 0.1) is 11.8 Å². The van der Waals surface area contributed by atoms with Crippen molar-refractivity contribution in [3.63, 3.8) is 0 Å². The number of amides is 2. The Bertz CT molecular complexity index is 338. The van der Waals surface area contributed by atoms with E-state index >= 15 is 0 Å². The van der Waals surface area contributed by atoms with Crippen molar-refractivity contribution in [2.75, 3.05) is 32.6 Å². The van der Waals surface area contributed by atoms with Gasteiger partial charge in [-0.05, 0) is 6.20 Å². The van der Waals surface area contributed by atoms with E-state index in [0.717, 1.165) is 6.54 Å². The number of primary amides is 1. The summed E-state index contributed by atoms with van der Waals surface area (Å²) in [6, 6.07) is -0.267. The lowest BCUT2D eigenvalue weighted by Gasteiger charge is -2.35. The van der Waals surface area contributed by atoms with Crippen LogP contribution in [-0.4, -0.2) is 55.8 Å². The molecule has 0 saturated carbocycles. The maximum absolute atomic E-state index is 11.4. The minimum Gasteiger partial charge on any atom is -0.379 e. The fraction of sp³-hybridized carbons (Fsp3) is 0.667. The molecule has 0 aliphatic carbocycles. The summed E-state index contributed by atoms with van der Waals surface area (Å²) in [7, 11) is 1.92. The molecule has 1 fully saturated rings. The van der Waals surface area contributed by atoms with Crippen LogP contribution < -0.4 is 16.4 Å². The molecule has 6 nitrogen and oxygen atoms in total. The highest BCUT2D eigenvalue weighted by Crippen LogP contribution is 2.18. The second-order valence-electron chi connectivity index (χ2n) is 4.65. The summed E-state index contributed by atoms with van der Waals surface area (Å²) in [6.07, 6.45) is 4.50. The molecule has 0 spiro atoms. The molecule has 108 valence electrons. The minimum atomic E-state index is -0.404. The summed E-state index contributed by atoms with van der Waals surface area (Å²) in [6.45, 7) is 1.92. The molecule has 7 heteroatoms. The standard InChI is InChI=1S/C12H21ClN4O2/c1-17(5-3-13)4-2-9-6-15-7-10(12(14)19)11(9)16-8-18/h2,4,8-11,15H,3,5-7H2,1H3,(H2,14,19)(H,16,18)/b4-2-. The Morgan fingerprint density at radius 2 is 2.32 bits per heavy atom. The average Bonchev–Trinajstić information content (AvgIpc) is 2.37. The largest absolute Gasteiger partial charge is 0.379 e. The minimum absolute atomic E-state index is 0.0224. The van der Waals surface area contributed by atoms with Gasteiger partial charge in [-0.3, -0.25) is 9.59 Å². The van der Waals surface area contributed by atoms with Gasteiger partial charge in [-0.1, -0.05) is 6.08 Å². The number of nitrogens with one attached hydrogen (secondary N) is 2. The molecule has 3 atom stereocenters. The summed E-state index contributed by atoms with van der Waals surface area (Å²) in [5.74, 6) is -0.232. The van der Waals surface area contributed by atoms with Crippen molar-refractivity contribution in [2.24, 2.45) is 17.6 Å². The van der Waals surface area contributed by atoms with E-state index in [2.05, 4.69) is 10.6 Å². The van der Waals surface area contributed by atoms with E-state index in [0.29, 0.717) is 25.4 Å². The van der Waals surface area contributed by atoms with Crippen LogP contribution in [0.25, 0.3) is 0 Å². The maximum atomic E-state index is 11.4. The van der Waals surface area contributed by atoms with Gasteiger partial charge in [-0.25, -0.2) is 0 Å². The molecule has 3 unspecified atom stereocenters. The quantitative estimate of drug-likeness (QED) is 0.419. The molecule has 0 radical (unpaired) electrons. The van der Waals surface area contributed by atoms with Crippen molar-refractivity contribution >= 4 is 23.9 Å². The first-order chi connectivity index (χ1) is 9.10. The molecule has 19 heavy (non-hydrogen) atoms. The number of nitrogens with zero attached hydrogens (tertiary/aromatic N) is 1. The fourth-order valence-electron chi connectivity index (χ4n) is 2.21. The molecule has 1 rings (SSSR count). The molecule has 1 saturated heterocycles. The van der Waals surface area contributed by atoms with Gasteiger partial charge >= 0.3 is 0 Å². The number of halogens is 1. The topological polar surface area (TPSA) is 87.5 Å². The number of piperidine rings is 1. The smallest absolute Gasteiger partial charge is 0.223 e. The van der Waals surface area contributed by atoms with Crippen molar-refractivity contribution in [3.8, 4) is 0 Å². The number of hydrogen-bond acceptors (Lipinski definition) is 4. The van der Waals surface area contributed by atoms with E-state index in [-0.39, 0.29) is 12.0 Å². The van der Waals surface area contributed by atoms with Crippen molar-refractivity contribution in [1.82, 2.24) is 15.5 Å². The molecule has 0 aromatic rings. The second kappa shape index (κ2) is 8.01. The maximum Gasteiger partial charge on any atom is 0.223 e. The third-order valence-corrected chi connectivity index (χ3v) is 3.46. The Balaban J connectivity index is 2.72. The first-order valence-corrected chi connectivity index (χ1v) is 6.77. The number of carbonyl (C=O) groups excluding carboxylic acids is 2. The molecule has 4 N–H and O–H groups in total. The van der Waals surface area contributed by atoms with Crippen molar-refractivity contribution < 1.29 is 9.59 Å². The van der Waals surface area contributed by atoms with E-state index in [1.807, 2.05) is 24.2 Å². The monoisotopic (exact) mass is 288 g/mol. The van der Waals surface area contributed by atoms with Gasteiger partial charge in [0.05, 0.1) is 5.92 Å². The first-order valence-electron chi connectivity index (χ1n) is 6.24. The van der Waals surface area contributed by atoms with Crippen LogP contribution in [0.5, 0.6) is 0 Å². The number of rotatable bonds is 7. The third kappa shape index (κ3) is 4.72. The van der Waals surface area contributed by atoms with Crippen LogP contribution in [0.1, 0.15) is 0 Å². The van der Waals surface area contributed by atoms with Gasteiger partial charge < -0.3 is 21.3 Å². The number of hydrogen-bond donors (Lipinski definition) is 3. The highest BCUT2D eigenvalue weighted by molar-refractivity contribution is 6.18. The van der Waals surface area contributed by atoms with Gasteiger partial charge in [-0.15, -0.1) is 11.6 Å².